The Kier molecular flexibility index (Phi) is 9.54. The number of carbonyl (C=O) groups excluding carboxylic acids is 3. The van der Waals surface area contributed by atoms with E-state index in [1.165, 1.54) is 6.92 Å². The molecule has 2 aliphatic carbocycles. The highest BCUT2D eigenvalue weighted by molar-refractivity contribution is 6.31. The zero-order valence-corrected chi connectivity index (χ0v) is 27.3. The summed E-state index contributed by atoms with van der Waals surface area (Å²) in [4.78, 5) is 41.2. The zero-order chi connectivity index (χ0) is 37.5. The summed E-state index contributed by atoms with van der Waals surface area (Å²) in [6, 6.07) is 1.41. The van der Waals surface area contributed by atoms with Crippen molar-refractivity contribution < 1.29 is 84.4 Å². The van der Waals surface area contributed by atoms with Gasteiger partial charge < -0.3 is 75.7 Å². The highest BCUT2D eigenvalue weighted by Crippen LogP contribution is 2.53. The van der Waals surface area contributed by atoms with Crippen LogP contribution in [-0.4, -0.2) is 143 Å². The van der Waals surface area contributed by atoms with Crippen molar-refractivity contribution in [3.63, 3.8) is 0 Å². The maximum absolute atomic E-state index is 14.4. The van der Waals surface area contributed by atoms with Crippen LogP contribution in [-0.2, 0) is 25.4 Å². The van der Waals surface area contributed by atoms with Gasteiger partial charge in [-0.25, -0.2) is 0 Å². The lowest BCUT2D eigenvalue weighted by atomic mass is 9.71. The summed E-state index contributed by atoms with van der Waals surface area (Å²) in [6.07, 6.45) is -13.9. The fourth-order valence-electron chi connectivity index (χ4n) is 7.45. The maximum Gasteiger partial charge on any atom is 0.219 e. The highest BCUT2D eigenvalue weighted by Gasteiger charge is 2.55. The Morgan fingerprint density at radius 3 is 2.25 bits per heavy atom. The molecule has 0 bridgehead atoms. The van der Waals surface area contributed by atoms with Crippen molar-refractivity contribution >= 4 is 17.3 Å². The smallest absolute Gasteiger partial charge is 0.219 e. The normalized spacial score (nSPS) is 36.3. The molecule has 6 rings (SSSR count). The average molecular weight is 722 g/mol. The van der Waals surface area contributed by atoms with Crippen LogP contribution in [0.2, 0.25) is 0 Å². The van der Waals surface area contributed by atoms with Gasteiger partial charge in [0.2, 0.25) is 11.6 Å². The summed E-state index contributed by atoms with van der Waals surface area (Å²) >= 11 is 0. The van der Waals surface area contributed by atoms with Gasteiger partial charge in [-0.3, -0.25) is 14.4 Å². The van der Waals surface area contributed by atoms with Gasteiger partial charge in [0.1, 0.15) is 53.9 Å². The molecule has 1 unspecified atom stereocenters. The number of aromatic hydroxyl groups is 2. The van der Waals surface area contributed by atoms with E-state index >= 15 is 0 Å². The van der Waals surface area contributed by atoms with Crippen LogP contribution >= 0.6 is 0 Å². The molecule has 0 aromatic heterocycles. The van der Waals surface area contributed by atoms with Crippen molar-refractivity contribution in [1.29, 1.82) is 0 Å². The van der Waals surface area contributed by atoms with Crippen molar-refractivity contribution in [2.24, 2.45) is 5.73 Å². The van der Waals surface area contributed by atoms with Crippen molar-refractivity contribution in [3.05, 3.63) is 51.1 Å². The highest BCUT2D eigenvalue weighted by atomic mass is 16.7. The minimum Gasteiger partial charge on any atom is -0.507 e. The molecule has 2 heterocycles. The molecule has 18 heteroatoms. The Morgan fingerprint density at radius 2 is 1.65 bits per heavy atom. The Morgan fingerprint density at radius 1 is 0.980 bits per heavy atom. The monoisotopic (exact) mass is 721 g/mol. The summed E-state index contributed by atoms with van der Waals surface area (Å²) in [5.41, 5.74) is 0.566. The number of fused-ring (bicyclic) bond motifs is 3. The van der Waals surface area contributed by atoms with Gasteiger partial charge in [-0.05, 0) is 13.0 Å². The summed E-state index contributed by atoms with van der Waals surface area (Å²) < 4.78 is 22.7. The van der Waals surface area contributed by atoms with E-state index in [0.29, 0.717) is 0 Å². The summed E-state index contributed by atoms with van der Waals surface area (Å²) in [7, 11) is 1.09. The number of carbonyl (C=O) groups is 3. The number of benzene rings is 2. The molecule has 4 aliphatic rings. The molecule has 0 radical (unpaired) electrons. The van der Waals surface area contributed by atoms with Crippen LogP contribution in [0.4, 0.5) is 0 Å². The van der Waals surface area contributed by atoms with Crippen LogP contribution in [0, 0.1) is 0 Å². The van der Waals surface area contributed by atoms with Gasteiger partial charge in [0, 0.05) is 47.6 Å². The first kappa shape index (κ1) is 37.1. The van der Waals surface area contributed by atoms with Crippen LogP contribution < -0.4 is 10.5 Å². The minimum absolute atomic E-state index is 0.0849. The van der Waals surface area contributed by atoms with Crippen LogP contribution in [0.3, 0.4) is 0 Å². The average Bonchev–Trinajstić information content (AvgIpc) is 3.10. The SMILES string of the molecule is COc1c(C2O[C@@](O)(CO)[C@@H](O)[C@H](O)[C@@H]2O)ccc2c1C(=O)c1c(O)c3c(c(O)c1C2=O)C[C@@](O)(C(=O)CO)C[C@@H]3O[C@H]1C[C@H](N)[C@H](O)[C@H](C)O1. The molecule has 2 aliphatic heterocycles. The first-order chi connectivity index (χ1) is 23.9. The molecule has 11 atom stereocenters. The Hall–Kier alpha value is -3.63. The molecule has 12 N–H and O–H groups in total. The zero-order valence-electron chi connectivity index (χ0n) is 27.3. The largest absolute Gasteiger partial charge is 0.507 e. The molecule has 18 nitrogen and oxygen atoms in total. The van der Waals surface area contributed by atoms with Gasteiger partial charge in [-0.2, -0.15) is 0 Å². The fraction of sp³-hybridized carbons (Fsp3) is 0.545. The number of hydrogen-bond acceptors (Lipinski definition) is 18. The van der Waals surface area contributed by atoms with Crippen LogP contribution in [0.1, 0.15) is 80.5 Å². The quantitative estimate of drug-likeness (QED) is 0.107. The maximum atomic E-state index is 14.4. The number of aliphatic hydroxyl groups is 8. The number of hydrogen-bond donors (Lipinski definition) is 11. The van der Waals surface area contributed by atoms with Crippen LogP contribution in [0.5, 0.6) is 17.2 Å². The van der Waals surface area contributed by atoms with E-state index in [9.17, 15) is 65.4 Å². The van der Waals surface area contributed by atoms with E-state index in [4.69, 9.17) is 24.7 Å². The second kappa shape index (κ2) is 13.1. The molecule has 278 valence electrons. The van der Waals surface area contributed by atoms with Crippen LogP contribution in [0.25, 0.3) is 0 Å². The third kappa shape index (κ3) is 5.63. The molecular weight excluding hydrogens is 682 g/mol. The molecular formula is C33H39NO17. The van der Waals surface area contributed by atoms with E-state index in [-0.39, 0.29) is 28.7 Å². The number of phenols is 2. The third-order valence-electron chi connectivity index (χ3n) is 10.3. The van der Waals surface area contributed by atoms with Gasteiger partial charge in [-0.15, -0.1) is 0 Å². The summed E-state index contributed by atoms with van der Waals surface area (Å²) in [5.74, 6) is -8.10. The standard InChI is InChI=1S/C33H39NO17/c1-10-22(38)14(34)5-17(49-10)50-15-7-32(46,16(37)8-35)6-13-18(15)25(41)21-20(24(13)40)23(39)11-3-4-12(29(48-2)19(11)26(21)42)30-27(43)28(44)31(45)33(47,9-36)51-30/h3-4,10,14-15,17,22,27-28,30-31,35-36,38,40-41,43-47H,5-9,34H2,1-2H3/t10-,14-,15-,17-,22+,27-,28+,30?,31-,32-,33-/m0/s1. The van der Waals surface area contributed by atoms with Crippen molar-refractivity contribution in [2.75, 3.05) is 20.3 Å². The number of methoxy groups -OCH3 is 1. The molecule has 0 spiro atoms. The van der Waals surface area contributed by atoms with E-state index in [2.05, 4.69) is 0 Å². The number of ether oxygens (including phenoxy) is 4. The van der Waals surface area contributed by atoms with E-state index in [0.717, 1.165) is 19.2 Å². The van der Waals surface area contributed by atoms with E-state index < -0.39 is 144 Å². The minimum atomic E-state index is -2.77. The number of nitrogens with two attached hydrogens (primary N) is 1. The van der Waals surface area contributed by atoms with Crippen molar-refractivity contribution in [2.45, 2.75) is 92.6 Å². The lowest BCUT2D eigenvalue weighted by molar-refractivity contribution is -0.357. The number of phenolic OH excluding ortho intramolecular Hbond substituents is 2. The molecule has 0 amide bonds. The molecule has 0 saturated carbocycles. The number of Topliss-reactive ketones (excluding diaryl/α,β-unsaturated/α-hetero) is 1. The number of aliphatic hydroxyl groups excluding tert-OH is 6. The molecule has 2 aromatic carbocycles. The van der Waals surface area contributed by atoms with Gasteiger partial charge in [0.15, 0.2) is 17.9 Å². The number of rotatable bonds is 7. The molecule has 2 saturated heterocycles. The van der Waals surface area contributed by atoms with E-state index in [1.54, 1.807) is 0 Å². The van der Waals surface area contributed by atoms with Gasteiger partial charge in [-0.1, -0.05) is 6.07 Å². The van der Waals surface area contributed by atoms with E-state index in [1.807, 2.05) is 0 Å². The predicted octanol–water partition coefficient (Wildman–Crippen LogP) is -3.16. The lowest BCUT2D eigenvalue weighted by Gasteiger charge is -2.45. The van der Waals surface area contributed by atoms with Gasteiger partial charge >= 0.3 is 0 Å². The summed E-state index contributed by atoms with van der Waals surface area (Å²) in [5, 5.41) is 107. The Labute approximate surface area is 288 Å². The Balaban J connectivity index is 1.50. The third-order valence-corrected chi connectivity index (χ3v) is 10.3. The second-order valence-corrected chi connectivity index (χ2v) is 13.4. The first-order valence-electron chi connectivity index (χ1n) is 16.0. The molecule has 2 fully saturated rings. The topological polar surface area (TPSA) is 316 Å². The number of ketones is 3. The lowest BCUT2D eigenvalue weighted by Crippen LogP contribution is -2.63. The predicted molar refractivity (Wildman–Crippen MR) is 166 cm³/mol. The first-order valence-corrected chi connectivity index (χ1v) is 16.0. The van der Waals surface area contributed by atoms with Crippen molar-refractivity contribution in [3.8, 4) is 17.2 Å². The summed E-state index contributed by atoms with van der Waals surface area (Å²) in [6.45, 7) is -0.805. The fourth-order valence-corrected chi connectivity index (χ4v) is 7.45. The van der Waals surface area contributed by atoms with Crippen LogP contribution in [0.15, 0.2) is 12.1 Å². The van der Waals surface area contributed by atoms with Gasteiger partial charge in [0.05, 0.1) is 48.7 Å². The Bertz CT molecular complexity index is 1770. The second-order valence-electron chi connectivity index (χ2n) is 13.4. The van der Waals surface area contributed by atoms with Gasteiger partial charge in [0.25, 0.3) is 0 Å². The molecule has 2 aromatic rings. The van der Waals surface area contributed by atoms with Crippen molar-refractivity contribution in [1.82, 2.24) is 0 Å². The molecule has 51 heavy (non-hydrogen) atoms.